The third-order valence-electron chi connectivity index (χ3n) is 2.16. The van der Waals surface area contributed by atoms with Gasteiger partial charge in [-0.05, 0) is 24.4 Å². The number of carboxylic acid groups (broad SMARTS) is 1. The van der Waals surface area contributed by atoms with Gasteiger partial charge in [0.05, 0.1) is 9.30 Å². The fraction of sp³-hybridized carbons (Fsp3) is 0.385. The monoisotopic (exact) mass is 257 g/mol. The van der Waals surface area contributed by atoms with Crippen LogP contribution in [0.4, 0.5) is 5.69 Å². The van der Waals surface area contributed by atoms with Crippen molar-refractivity contribution in [1.82, 2.24) is 0 Å². The van der Waals surface area contributed by atoms with Crippen molar-refractivity contribution in [2.45, 2.75) is 25.5 Å². The smallest absolute Gasteiger partial charge is 0.303 e. The van der Waals surface area contributed by atoms with Crippen molar-refractivity contribution < 1.29 is 30.4 Å². The van der Waals surface area contributed by atoms with E-state index >= 15 is 0 Å². The standard InChI is InChI=1S/C13H15NO4/c15-12-6-4-9-3-5-10(8-11(9)14-12)18-7-1-2-13(16)17/h3,5,8H,1-2,4,6-7H2,(H,14,15)(H,16,17)/i1D2,2D2,6D2,7D2. The van der Waals surface area contributed by atoms with Gasteiger partial charge in [0.15, 0.2) is 0 Å². The minimum absolute atomic E-state index is 0.139. The first kappa shape index (κ1) is 5.73. The number of hydrogen-bond acceptors (Lipinski definition) is 3. The third-order valence-corrected chi connectivity index (χ3v) is 2.16. The minimum Gasteiger partial charge on any atom is -0.494 e. The van der Waals surface area contributed by atoms with E-state index in [4.69, 9.17) is 20.8 Å². The second kappa shape index (κ2) is 5.53. The van der Waals surface area contributed by atoms with Crippen LogP contribution in [0.25, 0.3) is 0 Å². The van der Waals surface area contributed by atoms with Gasteiger partial charge in [-0.1, -0.05) is 6.07 Å². The van der Waals surface area contributed by atoms with Crippen molar-refractivity contribution in [2.75, 3.05) is 11.9 Å². The Morgan fingerprint density at radius 3 is 3.22 bits per heavy atom. The maximum atomic E-state index is 11.7. The molecule has 0 aliphatic carbocycles. The number of anilines is 1. The summed E-state index contributed by atoms with van der Waals surface area (Å²) in [5, 5.41) is 11.1. The summed E-state index contributed by atoms with van der Waals surface area (Å²) in [6.45, 7) is -3.36. The quantitative estimate of drug-likeness (QED) is 0.843. The predicted molar refractivity (Wildman–Crippen MR) is 65.8 cm³/mol. The van der Waals surface area contributed by atoms with Gasteiger partial charge in [-0.2, -0.15) is 0 Å². The number of fused-ring (bicyclic) bond motifs is 1. The Kier molecular flexibility index (Phi) is 1.76. The van der Waals surface area contributed by atoms with Gasteiger partial charge in [0.2, 0.25) is 5.91 Å². The summed E-state index contributed by atoms with van der Waals surface area (Å²) >= 11 is 0. The summed E-state index contributed by atoms with van der Waals surface area (Å²) < 4.78 is 65.1. The number of rotatable bonds is 5. The fourth-order valence-electron chi connectivity index (χ4n) is 1.40. The maximum absolute atomic E-state index is 11.7. The van der Waals surface area contributed by atoms with Crippen molar-refractivity contribution >= 4 is 17.6 Å². The van der Waals surface area contributed by atoms with Crippen LogP contribution >= 0.6 is 0 Å². The molecule has 0 spiro atoms. The molecule has 0 aromatic heterocycles. The Balaban J connectivity index is 2.33. The van der Waals surface area contributed by atoms with Crippen molar-refractivity contribution in [3.05, 3.63) is 23.8 Å². The molecule has 5 heteroatoms. The molecule has 1 aliphatic heterocycles. The van der Waals surface area contributed by atoms with Crippen LogP contribution in [0.1, 0.15) is 35.6 Å². The molecule has 0 saturated heterocycles. The second-order valence-electron chi connectivity index (χ2n) is 3.39. The van der Waals surface area contributed by atoms with E-state index in [1.54, 1.807) is 0 Å². The van der Waals surface area contributed by atoms with Crippen molar-refractivity contribution in [3.8, 4) is 5.75 Å². The number of nitrogens with one attached hydrogen (secondary N) is 1. The minimum atomic E-state index is -3.57. The van der Waals surface area contributed by atoms with Crippen LogP contribution in [-0.4, -0.2) is 23.5 Å². The predicted octanol–water partition coefficient (Wildman–Crippen LogP) is 1.81. The molecule has 0 fully saturated rings. The van der Waals surface area contributed by atoms with E-state index in [9.17, 15) is 9.59 Å². The molecule has 18 heavy (non-hydrogen) atoms. The molecule has 5 nitrogen and oxygen atoms in total. The summed E-state index contributed by atoms with van der Waals surface area (Å²) in [6.07, 6.45) is -9.46. The van der Waals surface area contributed by atoms with Crippen LogP contribution in [0.2, 0.25) is 0 Å². The van der Waals surface area contributed by atoms with Crippen LogP contribution < -0.4 is 10.1 Å². The Morgan fingerprint density at radius 2 is 2.44 bits per heavy atom. The first-order valence-electron chi connectivity index (χ1n) is 8.99. The molecule has 96 valence electrons. The number of carboxylic acids is 1. The van der Waals surface area contributed by atoms with Gasteiger partial charge in [0, 0.05) is 32.7 Å². The molecular weight excluding hydrogens is 234 g/mol. The highest BCUT2D eigenvalue weighted by molar-refractivity contribution is 5.94. The van der Waals surface area contributed by atoms with Gasteiger partial charge in [0.25, 0.3) is 0 Å². The number of aliphatic carboxylic acids is 1. The van der Waals surface area contributed by atoms with Crippen molar-refractivity contribution in [1.29, 1.82) is 0 Å². The van der Waals surface area contributed by atoms with Crippen LogP contribution in [0.5, 0.6) is 5.75 Å². The van der Waals surface area contributed by atoms with E-state index in [-0.39, 0.29) is 17.9 Å². The Labute approximate surface area is 116 Å². The molecule has 0 unspecified atom stereocenters. The zero-order valence-electron chi connectivity index (χ0n) is 17.1. The summed E-state index contributed by atoms with van der Waals surface area (Å²) in [6, 6.07) is 3.67. The SMILES string of the molecule is [2H]C1([2H])Cc2ccc(OC([2H])([2H])C([2H])([2H])C([2H])([2H])C(=O)O)cc2NC1=O. The maximum Gasteiger partial charge on any atom is 0.303 e. The molecular formula is C13H15NO4. The van der Waals surface area contributed by atoms with Gasteiger partial charge in [-0.3, -0.25) is 9.59 Å². The highest BCUT2D eigenvalue weighted by Crippen LogP contribution is 2.27. The Morgan fingerprint density at radius 1 is 1.61 bits per heavy atom. The van der Waals surface area contributed by atoms with Crippen molar-refractivity contribution in [2.24, 2.45) is 0 Å². The highest BCUT2D eigenvalue weighted by atomic mass is 16.5. The summed E-state index contributed by atoms with van der Waals surface area (Å²) in [4.78, 5) is 22.6. The first-order valence-corrected chi connectivity index (χ1v) is 4.99. The van der Waals surface area contributed by atoms with Crippen LogP contribution in [-0.2, 0) is 16.0 Å². The summed E-state index contributed by atoms with van der Waals surface area (Å²) in [5.74, 6) is -3.38. The molecule has 0 atom stereocenters. The van der Waals surface area contributed by atoms with Gasteiger partial charge < -0.3 is 15.2 Å². The van der Waals surface area contributed by atoms with E-state index in [1.807, 2.05) is 0 Å². The van der Waals surface area contributed by atoms with Gasteiger partial charge in [-0.15, -0.1) is 0 Å². The van der Waals surface area contributed by atoms with Crippen LogP contribution in [0, 0.1) is 0 Å². The van der Waals surface area contributed by atoms with Gasteiger partial charge in [-0.25, -0.2) is 0 Å². The zero-order chi connectivity index (χ0) is 20.1. The number of hydrogen-bond donors (Lipinski definition) is 2. The molecule has 1 amide bonds. The molecule has 1 aliphatic rings. The molecule has 2 N–H and O–H groups in total. The number of carbonyl (C=O) groups is 2. The zero-order valence-corrected chi connectivity index (χ0v) is 9.11. The second-order valence-corrected chi connectivity index (χ2v) is 3.39. The van der Waals surface area contributed by atoms with Gasteiger partial charge in [0.1, 0.15) is 5.75 Å². The average Bonchev–Trinajstić information content (AvgIpc) is 2.47. The molecule has 2 rings (SSSR count). The van der Waals surface area contributed by atoms with E-state index in [1.165, 1.54) is 12.1 Å². The van der Waals surface area contributed by atoms with E-state index in [0.717, 1.165) is 6.07 Å². The number of benzene rings is 1. The molecule has 1 aromatic rings. The summed E-state index contributed by atoms with van der Waals surface area (Å²) in [5.41, 5.74) is 0.548. The average molecular weight is 257 g/mol. The third kappa shape index (κ3) is 3.23. The normalized spacial score (nSPS) is 25.4. The molecule has 1 aromatic carbocycles. The molecule has 1 heterocycles. The first-order chi connectivity index (χ1) is 11.6. The lowest BCUT2D eigenvalue weighted by atomic mass is 10.0. The topological polar surface area (TPSA) is 75.6 Å². The lowest BCUT2D eigenvalue weighted by molar-refractivity contribution is -0.137. The largest absolute Gasteiger partial charge is 0.494 e. The van der Waals surface area contributed by atoms with E-state index in [0.29, 0.717) is 5.56 Å². The molecule has 0 radical (unpaired) electrons. The lowest BCUT2D eigenvalue weighted by Gasteiger charge is -2.17. The fourth-order valence-corrected chi connectivity index (χ4v) is 1.40. The van der Waals surface area contributed by atoms with Gasteiger partial charge >= 0.3 is 5.97 Å². The molecule has 0 bridgehead atoms. The lowest BCUT2D eigenvalue weighted by Crippen LogP contribution is -2.18. The van der Waals surface area contributed by atoms with Crippen LogP contribution in [0.3, 0.4) is 0 Å². The Bertz CT molecular complexity index is 765. The number of ether oxygens (including phenoxy) is 1. The van der Waals surface area contributed by atoms with Crippen LogP contribution in [0.15, 0.2) is 18.2 Å². The number of aryl methyl sites for hydroxylation is 1. The Hall–Kier alpha value is -2.04. The van der Waals surface area contributed by atoms with Crippen molar-refractivity contribution in [3.63, 3.8) is 0 Å². The van der Waals surface area contributed by atoms with E-state index in [2.05, 4.69) is 5.32 Å². The van der Waals surface area contributed by atoms with E-state index < -0.39 is 37.6 Å². The highest BCUT2D eigenvalue weighted by Gasteiger charge is 2.14. The number of amides is 1. The number of carbonyl (C=O) groups excluding carboxylic acids is 1. The summed E-state index contributed by atoms with van der Waals surface area (Å²) in [7, 11) is 0. The molecule has 0 saturated carbocycles.